The van der Waals surface area contributed by atoms with E-state index in [1.54, 1.807) is 0 Å². The maximum absolute atomic E-state index is 13.1. The molecule has 170 valence electrons. The summed E-state index contributed by atoms with van der Waals surface area (Å²) in [5.74, 6) is -3.54. The van der Waals surface area contributed by atoms with Crippen LogP contribution < -0.4 is 10.6 Å². The van der Waals surface area contributed by atoms with Gasteiger partial charge in [0.15, 0.2) is 0 Å². The molecule has 8 heteroatoms. The van der Waals surface area contributed by atoms with E-state index in [1.807, 2.05) is 25.1 Å². The smallest absolute Gasteiger partial charge is 0.369 e. The van der Waals surface area contributed by atoms with E-state index in [9.17, 15) is 23.2 Å². The van der Waals surface area contributed by atoms with Gasteiger partial charge in [-0.3, -0.25) is 9.69 Å². The zero-order valence-corrected chi connectivity index (χ0v) is 18.0. The summed E-state index contributed by atoms with van der Waals surface area (Å²) in [6.07, 6.45) is -1.32. The Morgan fingerprint density at radius 1 is 1.19 bits per heavy atom. The SMILES string of the molecule is Cc1cccc(N2CCN(CCC3CCC(C(C(N)=O)C(F)(F)F)CC3)CC2)c1C#N. The molecule has 1 aromatic carbocycles. The first-order valence-electron chi connectivity index (χ1n) is 11.0. The number of nitriles is 1. The molecular weight excluding hydrogens is 405 g/mol. The van der Waals surface area contributed by atoms with E-state index in [-0.39, 0.29) is 0 Å². The van der Waals surface area contributed by atoms with Crippen LogP contribution in [0.2, 0.25) is 0 Å². The van der Waals surface area contributed by atoms with Crippen LogP contribution in [0.25, 0.3) is 0 Å². The van der Waals surface area contributed by atoms with Gasteiger partial charge in [0.05, 0.1) is 11.3 Å². The summed E-state index contributed by atoms with van der Waals surface area (Å²) >= 11 is 0. The number of aryl methyl sites for hydroxylation is 1. The average molecular weight is 437 g/mol. The molecule has 0 spiro atoms. The minimum atomic E-state index is -4.55. The highest BCUT2D eigenvalue weighted by molar-refractivity contribution is 5.77. The van der Waals surface area contributed by atoms with Crippen molar-refractivity contribution >= 4 is 11.6 Å². The first kappa shape index (κ1) is 23.4. The Morgan fingerprint density at radius 3 is 2.39 bits per heavy atom. The molecule has 1 heterocycles. The molecule has 3 rings (SSSR count). The van der Waals surface area contributed by atoms with E-state index in [4.69, 9.17) is 5.73 Å². The lowest BCUT2D eigenvalue weighted by atomic mass is 9.74. The average Bonchev–Trinajstić information content (AvgIpc) is 2.72. The number of amides is 1. The van der Waals surface area contributed by atoms with Gasteiger partial charge in [0.1, 0.15) is 12.0 Å². The molecule has 1 saturated carbocycles. The fourth-order valence-corrected chi connectivity index (χ4v) is 5.11. The second-order valence-corrected chi connectivity index (χ2v) is 8.90. The first-order chi connectivity index (χ1) is 14.7. The number of hydrogen-bond acceptors (Lipinski definition) is 4. The van der Waals surface area contributed by atoms with Crippen LogP contribution in [0.4, 0.5) is 18.9 Å². The topological polar surface area (TPSA) is 73.4 Å². The molecule has 2 N–H and O–H groups in total. The van der Waals surface area contributed by atoms with Gasteiger partial charge in [-0.25, -0.2) is 0 Å². The number of halogens is 3. The normalized spacial score (nSPS) is 23.9. The van der Waals surface area contributed by atoms with Crippen molar-refractivity contribution in [3.05, 3.63) is 29.3 Å². The number of carbonyl (C=O) groups excluding carboxylic acids is 1. The van der Waals surface area contributed by atoms with Crippen LogP contribution in [-0.4, -0.2) is 49.7 Å². The third kappa shape index (κ3) is 5.70. The van der Waals surface area contributed by atoms with Crippen molar-refractivity contribution in [1.82, 2.24) is 4.90 Å². The lowest BCUT2D eigenvalue weighted by molar-refractivity contribution is -0.194. The van der Waals surface area contributed by atoms with Gasteiger partial charge in [-0.15, -0.1) is 0 Å². The van der Waals surface area contributed by atoms with Gasteiger partial charge in [-0.1, -0.05) is 25.0 Å². The minimum absolute atomic E-state index is 0.401. The number of rotatable bonds is 6. The Hall–Kier alpha value is -2.27. The van der Waals surface area contributed by atoms with Gasteiger partial charge in [0, 0.05) is 26.2 Å². The number of piperazine rings is 1. The highest BCUT2D eigenvalue weighted by atomic mass is 19.4. The molecule has 1 amide bonds. The summed E-state index contributed by atoms with van der Waals surface area (Å²) < 4.78 is 39.4. The van der Waals surface area contributed by atoms with E-state index in [0.29, 0.717) is 18.8 Å². The van der Waals surface area contributed by atoms with Crippen molar-refractivity contribution in [3.8, 4) is 6.07 Å². The van der Waals surface area contributed by atoms with Crippen LogP contribution in [0.3, 0.4) is 0 Å². The Morgan fingerprint density at radius 2 is 1.84 bits per heavy atom. The minimum Gasteiger partial charge on any atom is -0.369 e. The molecule has 2 fully saturated rings. The van der Waals surface area contributed by atoms with Crippen LogP contribution >= 0.6 is 0 Å². The number of alkyl halides is 3. The zero-order chi connectivity index (χ0) is 22.6. The maximum Gasteiger partial charge on any atom is 0.400 e. The molecule has 1 aliphatic carbocycles. The van der Waals surface area contributed by atoms with Gasteiger partial charge < -0.3 is 10.6 Å². The van der Waals surface area contributed by atoms with Gasteiger partial charge in [-0.2, -0.15) is 18.4 Å². The monoisotopic (exact) mass is 436 g/mol. The molecule has 1 unspecified atom stereocenters. The maximum atomic E-state index is 13.1. The number of carbonyl (C=O) groups is 1. The highest BCUT2D eigenvalue weighted by Crippen LogP contribution is 2.41. The molecule has 31 heavy (non-hydrogen) atoms. The third-order valence-electron chi connectivity index (χ3n) is 6.95. The second kappa shape index (κ2) is 9.90. The molecule has 1 atom stereocenters. The van der Waals surface area contributed by atoms with Crippen molar-refractivity contribution < 1.29 is 18.0 Å². The molecule has 5 nitrogen and oxygen atoms in total. The summed E-state index contributed by atoms with van der Waals surface area (Å²) in [7, 11) is 0. The van der Waals surface area contributed by atoms with E-state index in [2.05, 4.69) is 15.9 Å². The largest absolute Gasteiger partial charge is 0.400 e. The lowest BCUT2D eigenvalue weighted by Gasteiger charge is -2.38. The number of nitrogens with two attached hydrogens (primary N) is 1. The van der Waals surface area contributed by atoms with Crippen LogP contribution in [0.1, 0.15) is 43.2 Å². The zero-order valence-electron chi connectivity index (χ0n) is 18.0. The second-order valence-electron chi connectivity index (χ2n) is 8.90. The predicted molar refractivity (Wildman–Crippen MR) is 113 cm³/mol. The van der Waals surface area contributed by atoms with Crippen LogP contribution in [0, 0.1) is 36.0 Å². The number of nitrogens with zero attached hydrogens (tertiary/aromatic N) is 3. The van der Waals surface area contributed by atoms with E-state index in [1.165, 1.54) is 0 Å². The van der Waals surface area contributed by atoms with Gasteiger partial charge in [0.25, 0.3) is 0 Å². The van der Waals surface area contributed by atoms with Gasteiger partial charge in [-0.05, 0) is 56.2 Å². The Labute approximate surface area is 182 Å². The predicted octanol–water partition coefficient (Wildman–Crippen LogP) is 3.85. The summed E-state index contributed by atoms with van der Waals surface area (Å²) in [5, 5.41) is 9.46. The lowest BCUT2D eigenvalue weighted by Crippen LogP contribution is -2.47. The Bertz CT molecular complexity index is 804. The van der Waals surface area contributed by atoms with Crippen LogP contribution in [0.15, 0.2) is 18.2 Å². The number of primary amides is 1. The first-order valence-corrected chi connectivity index (χ1v) is 11.0. The van der Waals surface area contributed by atoms with Gasteiger partial charge >= 0.3 is 6.18 Å². The molecule has 2 aliphatic rings. The number of hydrogen-bond donors (Lipinski definition) is 1. The fraction of sp³-hybridized carbons (Fsp3) is 0.652. The van der Waals surface area contributed by atoms with Crippen molar-refractivity contribution in [3.63, 3.8) is 0 Å². The number of anilines is 1. The highest BCUT2D eigenvalue weighted by Gasteiger charge is 2.49. The summed E-state index contributed by atoms with van der Waals surface area (Å²) in [6.45, 7) is 6.42. The van der Waals surface area contributed by atoms with E-state index in [0.717, 1.165) is 68.8 Å². The van der Waals surface area contributed by atoms with Crippen molar-refractivity contribution in [2.75, 3.05) is 37.6 Å². The Kier molecular flexibility index (Phi) is 7.47. The van der Waals surface area contributed by atoms with E-state index < -0.39 is 23.9 Å². The van der Waals surface area contributed by atoms with Crippen molar-refractivity contribution in [2.24, 2.45) is 23.5 Å². The molecule has 0 radical (unpaired) electrons. The van der Waals surface area contributed by atoms with Crippen LogP contribution in [-0.2, 0) is 4.79 Å². The molecule has 1 aliphatic heterocycles. The molecule has 0 bridgehead atoms. The summed E-state index contributed by atoms with van der Waals surface area (Å²) in [6, 6.07) is 8.25. The number of benzene rings is 1. The van der Waals surface area contributed by atoms with Gasteiger partial charge in [0.2, 0.25) is 5.91 Å². The summed E-state index contributed by atoms with van der Waals surface area (Å²) in [4.78, 5) is 16.0. The quantitative estimate of drug-likeness (QED) is 0.735. The third-order valence-corrected chi connectivity index (χ3v) is 6.95. The molecular formula is C23H31F3N4O. The molecule has 0 aromatic heterocycles. The molecule has 1 saturated heterocycles. The molecule has 1 aromatic rings. The van der Waals surface area contributed by atoms with Crippen molar-refractivity contribution in [1.29, 1.82) is 5.26 Å². The standard InChI is InChI=1S/C23H31F3N4O/c1-16-3-2-4-20(19(16)15-27)30-13-11-29(12-14-30)10-9-17-5-7-18(8-6-17)21(22(28)31)23(24,25)26/h2-4,17-18,21H,5-14H2,1H3,(H2,28,31). The fourth-order valence-electron chi connectivity index (χ4n) is 5.11. The summed E-state index contributed by atoms with van der Waals surface area (Å²) in [5.41, 5.74) is 7.76. The Balaban J connectivity index is 1.44. The van der Waals surface area contributed by atoms with Crippen molar-refractivity contribution in [2.45, 2.75) is 45.2 Å². The van der Waals surface area contributed by atoms with E-state index >= 15 is 0 Å². The van der Waals surface area contributed by atoms with Crippen LogP contribution in [0.5, 0.6) is 0 Å².